The third-order valence-electron chi connectivity index (χ3n) is 2.50. The van der Waals surface area contributed by atoms with Gasteiger partial charge in [0.25, 0.3) is 0 Å². The van der Waals surface area contributed by atoms with E-state index in [0.717, 1.165) is 4.31 Å². The Hall–Kier alpha value is -1.70. The van der Waals surface area contributed by atoms with E-state index < -0.39 is 21.2 Å². The van der Waals surface area contributed by atoms with Crippen LogP contribution in [-0.2, 0) is 14.8 Å². The van der Waals surface area contributed by atoms with Crippen molar-refractivity contribution in [3.8, 4) is 0 Å². The molecular weight excluding hydrogens is 256 g/mol. The maximum Gasteiger partial charge on any atom is 0.247 e. The number of carbonyl (C=O) groups excluding carboxylic acids is 1. The predicted molar refractivity (Wildman–Crippen MR) is 67.5 cm³/mol. The van der Waals surface area contributed by atoms with Gasteiger partial charge in [0.05, 0.1) is 0 Å². The summed E-state index contributed by atoms with van der Waals surface area (Å²) >= 11 is 0. The van der Waals surface area contributed by atoms with Crippen LogP contribution in [0.2, 0.25) is 0 Å². The van der Waals surface area contributed by atoms with E-state index in [-0.39, 0.29) is 5.82 Å². The molecule has 0 aliphatic rings. The summed E-state index contributed by atoms with van der Waals surface area (Å²) in [5.74, 6) is -0.304. The second kappa shape index (κ2) is 5.30. The molecule has 1 aromatic heterocycles. The van der Waals surface area contributed by atoms with Gasteiger partial charge < -0.3 is 4.90 Å². The number of rotatable bonds is 4. The number of carbonyl (C=O) groups is 1. The first kappa shape index (κ1) is 14.4. The number of nitrogens with zero attached hydrogens (tertiary/aromatic N) is 4. The summed E-state index contributed by atoms with van der Waals surface area (Å²) in [7, 11) is 0.571. The smallest absolute Gasteiger partial charge is 0.247 e. The van der Waals surface area contributed by atoms with Crippen molar-refractivity contribution in [1.82, 2.24) is 15.1 Å². The molecular formula is C10H16N4O3S. The van der Waals surface area contributed by atoms with Crippen LogP contribution in [0.15, 0.2) is 18.3 Å². The average molecular weight is 272 g/mol. The Morgan fingerprint density at radius 3 is 2.39 bits per heavy atom. The third-order valence-corrected chi connectivity index (χ3v) is 4.54. The lowest BCUT2D eigenvalue weighted by Crippen LogP contribution is -2.44. The Labute approximate surface area is 106 Å². The second-order valence-electron chi connectivity index (χ2n) is 3.97. The number of anilines is 1. The van der Waals surface area contributed by atoms with Gasteiger partial charge in [0.15, 0.2) is 11.1 Å². The summed E-state index contributed by atoms with van der Waals surface area (Å²) in [6.45, 7) is 1.35. The molecule has 0 bridgehead atoms. The van der Waals surface area contributed by atoms with Gasteiger partial charge in [-0.15, -0.1) is 5.10 Å². The fourth-order valence-corrected chi connectivity index (χ4v) is 2.62. The van der Waals surface area contributed by atoms with E-state index in [9.17, 15) is 13.2 Å². The van der Waals surface area contributed by atoms with E-state index in [1.807, 2.05) is 0 Å². The molecule has 18 heavy (non-hydrogen) atoms. The number of hydrogen-bond donors (Lipinski definition) is 0. The molecule has 0 N–H and O–H groups in total. The highest BCUT2D eigenvalue weighted by Gasteiger charge is 2.33. The van der Waals surface area contributed by atoms with Gasteiger partial charge in [0.1, 0.15) is 0 Å². The minimum atomic E-state index is -3.80. The van der Waals surface area contributed by atoms with Gasteiger partial charge in [-0.1, -0.05) is 0 Å². The van der Waals surface area contributed by atoms with Crippen LogP contribution in [0.4, 0.5) is 5.82 Å². The van der Waals surface area contributed by atoms with Crippen molar-refractivity contribution < 1.29 is 13.2 Å². The van der Waals surface area contributed by atoms with Gasteiger partial charge in [0, 0.05) is 27.3 Å². The zero-order chi connectivity index (χ0) is 13.9. The molecule has 100 valence electrons. The maximum atomic E-state index is 12.2. The lowest BCUT2D eigenvalue weighted by atomic mass is 10.4. The second-order valence-corrected chi connectivity index (χ2v) is 6.25. The monoisotopic (exact) mass is 272 g/mol. The predicted octanol–water partition coefficient (Wildman–Crippen LogP) is -0.281. The first-order valence-corrected chi connectivity index (χ1v) is 6.75. The SMILES string of the molecule is CC(C(=O)N(C)C)S(=O)(=O)N(C)c1cccnn1. The maximum absolute atomic E-state index is 12.2. The highest BCUT2D eigenvalue weighted by molar-refractivity contribution is 7.94. The normalized spacial score (nSPS) is 12.9. The number of amides is 1. The molecule has 8 heteroatoms. The van der Waals surface area contributed by atoms with E-state index >= 15 is 0 Å². The summed E-state index contributed by atoms with van der Waals surface area (Å²) < 4.78 is 25.3. The lowest BCUT2D eigenvalue weighted by Gasteiger charge is -2.23. The molecule has 1 heterocycles. The Morgan fingerprint density at radius 1 is 1.33 bits per heavy atom. The quantitative estimate of drug-likeness (QED) is 0.752. The van der Waals surface area contributed by atoms with Gasteiger partial charge >= 0.3 is 0 Å². The highest BCUT2D eigenvalue weighted by atomic mass is 32.2. The molecule has 1 amide bonds. The Morgan fingerprint density at radius 2 is 1.94 bits per heavy atom. The first-order chi connectivity index (χ1) is 8.28. The zero-order valence-corrected chi connectivity index (χ0v) is 11.5. The van der Waals surface area contributed by atoms with Crippen molar-refractivity contribution in [3.05, 3.63) is 18.3 Å². The van der Waals surface area contributed by atoms with Crippen LogP contribution in [0, 0.1) is 0 Å². The van der Waals surface area contributed by atoms with E-state index in [4.69, 9.17) is 0 Å². The topological polar surface area (TPSA) is 83.5 Å². The summed E-state index contributed by atoms with van der Waals surface area (Å²) in [6, 6.07) is 3.09. The molecule has 0 aromatic carbocycles. The molecule has 1 rings (SSSR count). The van der Waals surface area contributed by atoms with Crippen LogP contribution in [0.5, 0.6) is 0 Å². The molecule has 0 fully saturated rings. The van der Waals surface area contributed by atoms with Crippen molar-refractivity contribution in [1.29, 1.82) is 0 Å². The fraction of sp³-hybridized carbons (Fsp3) is 0.500. The summed E-state index contributed by atoms with van der Waals surface area (Å²) in [4.78, 5) is 13.0. The minimum absolute atomic E-state index is 0.177. The molecule has 1 unspecified atom stereocenters. The van der Waals surface area contributed by atoms with Gasteiger partial charge in [-0.2, -0.15) is 5.10 Å². The summed E-state index contributed by atoms with van der Waals surface area (Å²) in [5, 5.41) is 6.14. The lowest BCUT2D eigenvalue weighted by molar-refractivity contribution is -0.127. The molecule has 0 saturated carbocycles. The summed E-state index contributed by atoms with van der Waals surface area (Å²) in [5.41, 5.74) is 0. The number of sulfonamides is 1. The zero-order valence-electron chi connectivity index (χ0n) is 10.7. The van der Waals surface area contributed by atoms with Crippen LogP contribution in [0.25, 0.3) is 0 Å². The van der Waals surface area contributed by atoms with Crippen LogP contribution < -0.4 is 4.31 Å². The highest BCUT2D eigenvalue weighted by Crippen LogP contribution is 2.15. The summed E-state index contributed by atoms with van der Waals surface area (Å²) in [6.07, 6.45) is 1.44. The van der Waals surface area contributed by atoms with Crippen LogP contribution in [0.3, 0.4) is 0 Å². The van der Waals surface area contributed by atoms with E-state index in [1.165, 1.54) is 45.2 Å². The largest absolute Gasteiger partial charge is 0.348 e. The molecule has 1 aromatic rings. The molecule has 0 radical (unpaired) electrons. The van der Waals surface area contributed by atoms with Crippen molar-refractivity contribution in [3.63, 3.8) is 0 Å². The fourth-order valence-electron chi connectivity index (χ4n) is 1.32. The van der Waals surface area contributed by atoms with Crippen LogP contribution in [0.1, 0.15) is 6.92 Å². The van der Waals surface area contributed by atoms with Crippen LogP contribution >= 0.6 is 0 Å². The number of aromatic nitrogens is 2. The van der Waals surface area contributed by atoms with Gasteiger partial charge in [0.2, 0.25) is 15.9 Å². The van der Waals surface area contributed by atoms with Crippen LogP contribution in [-0.4, -0.2) is 55.8 Å². The molecule has 0 spiro atoms. The molecule has 1 atom stereocenters. The van der Waals surface area contributed by atoms with Crippen molar-refractivity contribution in [2.45, 2.75) is 12.2 Å². The number of hydrogen-bond acceptors (Lipinski definition) is 5. The van der Waals surface area contributed by atoms with E-state index in [2.05, 4.69) is 10.2 Å². The molecule has 0 aliphatic heterocycles. The Balaban J connectivity index is 3.04. The van der Waals surface area contributed by atoms with Crippen molar-refractivity contribution in [2.75, 3.05) is 25.4 Å². The average Bonchev–Trinajstić information content (AvgIpc) is 2.36. The van der Waals surface area contributed by atoms with Gasteiger partial charge in [-0.3, -0.25) is 9.10 Å². The third kappa shape index (κ3) is 2.76. The first-order valence-electron chi connectivity index (χ1n) is 5.25. The minimum Gasteiger partial charge on any atom is -0.348 e. The van der Waals surface area contributed by atoms with Crippen molar-refractivity contribution in [2.24, 2.45) is 0 Å². The van der Waals surface area contributed by atoms with E-state index in [0.29, 0.717) is 0 Å². The standard InChI is InChI=1S/C10H16N4O3S/c1-8(10(15)13(2)3)18(16,17)14(4)9-6-5-7-11-12-9/h5-8H,1-4H3. The Bertz CT molecular complexity index is 515. The van der Waals surface area contributed by atoms with Crippen molar-refractivity contribution >= 4 is 21.7 Å². The Kier molecular flexibility index (Phi) is 4.23. The van der Waals surface area contributed by atoms with Gasteiger partial charge in [-0.05, 0) is 19.1 Å². The van der Waals surface area contributed by atoms with Gasteiger partial charge in [-0.25, -0.2) is 8.42 Å². The molecule has 0 aliphatic carbocycles. The molecule has 7 nitrogen and oxygen atoms in total. The van der Waals surface area contributed by atoms with E-state index in [1.54, 1.807) is 6.07 Å². The molecule has 0 saturated heterocycles.